The number of esters is 1. The zero-order valence-corrected chi connectivity index (χ0v) is 14.7. The van der Waals surface area contributed by atoms with Crippen LogP contribution in [0.2, 0.25) is 0 Å². The summed E-state index contributed by atoms with van der Waals surface area (Å²) in [6, 6.07) is 4.68. The van der Waals surface area contributed by atoms with Crippen LogP contribution in [-0.4, -0.2) is 38.8 Å². The Kier molecular flexibility index (Phi) is 6.74. The van der Waals surface area contributed by atoms with Crippen LogP contribution in [0.4, 0.5) is 0 Å². The van der Waals surface area contributed by atoms with E-state index in [2.05, 4.69) is 0 Å². The van der Waals surface area contributed by atoms with E-state index in [1.807, 2.05) is 0 Å². The molecule has 0 aliphatic rings. The predicted molar refractivity (Wildman–Crippen MR) is 93.1 cm³/mol. The fraction of sp³-hybridized carbons (Fsp3) is 0.389. The molecule has 1 aromatic carbocycles. The molecule has 0 aliphatic heterocycles. The van der Waals surface area contributed by atoms with Crippen LogP contribution >= 0.6 is 0 Å². The van der Waals surface area contributed by atoms with Gasteiger partial charge in [0.25, 0.3) is 5.91 Å². The average molecular weight is 363 g/mol. The molecule has 1 amide bonds. The molecular weight excluding hydrogens is 342 g/mol. The quantitative estimate of drug-likeness (QED) is 0.402. The molecule has 8 nitrogen and oxygen atoms in total. The van der Waals surface area contributed by atoms with E-state index in [0.29, 0.717) is 29.9 Å². The fourth-order valence-electron chi connectivity index (χ4n) is 2.42. The summed E-state index contributed by atoms with van der Waals surface area (Å²) in [5.74, 6) is -0.685. The molecule has 0 spiro atoms. The molecule has 0 unspecified atom stereocenters. The van der Waals surface area contributed by atoms with Gasteiger partial charge in [-0.1, -0.05) is 0 Å². The lowest BCUT2D eigenvalue weighted by atomic mass is 10.0. The summed E-state index contributed by atoms with van der Waals surface area (Å²) in [5, 5.41) is 0.721. The van der Waals surface area contributed by atoms with Crippen molar-refractivity contribution >= 4 is 22.8 Å². The number of amides is 1. The number of nitrogens with two attached hydrogens (primary N) is 1. The average Bonchev–Trinajstić information content (AvgIpc) is 2.58. The zero-order valence-electron chi connectivity index (χ0n) is 14.7. The standard InChI is InChI=1S/C18H21NO7/c1-11-7-18(22)26-15-9-14(25-10-16(19)20)12(8-13(11)15)3-4-17(21)24-6-5-23-2/h7-9H,3-6,10H2,1-2H3,(H2,19,20). The Balaban J connectivity index is 2.26. The first-order valence-corrected chi connectivity index (χ1v) is 8.03. The Labute approximate surface area is 149 Å². The molecule has 2 rings (SSSR count). The topological polar surface area (TPSA) is 118 Å². The molecular formula is C18H21NO7. The molecule has 0 fully saturated rings. The Morgan fingerprint density at radius 3 is 2.65 bits per heavy atom. The molecule has 0 radical (unpaired) electrons. The van der Waals surface area contributed by atoms with E-state index in [-0.39, 0.29) is 25.6 Å². The van der Waals surface area contributed by atoms with Crippen LogP contribution in [-0.2, 0) is 25.5 Å². The van der Waals surface area contributed by atoms with Crippen molar-refractivity contribution in [2.75, 3.05) is 26.9 Å². The van der Waals surface area contributed by atoms with Crippen molar-refractivity contribution in [2.24, 2.45) is 5.73 Å². The van der Waals surface area contributed by atoms with Crippen LogP contribution in [0.3, 0.4) is 0 Å². The van der Waals surface area contributed by atoms with Gasteiger partial charge in [-0.2, -0.15) is 0 Å². The molecule has 1 aromatic heterocycles. The van der Waals surface area contributed by atoms with E-state index in [1.54, 1.807) is 13.0 Å². The van der Waals surface area contributed by atoms with Crippen LogP contribution in [0.15, 0.2) is 27.4 Å². The van der Waals surface area contributed by atoms with Gasteiger partial charge in [-0.3, -0.25) is 9.59 Å². The molecule has 26 heavy (non-hydrogen) atoms. The van der Waals surface area contributed by atoms with Gasteiger partial charge in [-0.25, -0.2) is 4.79 Å². The normalized spacial score (nSPS) is 10.7. The summed E-state index contributed by atoms with van der Waals surface area (Å²) >= 11 is 0. The molecule has 0 saturated heterocycles. The number of ether oxygens (including phenoxy) is 3. The highest BCUT2D eigenvalue weighted by Gasteiger charge is 2.13. The van der Waals surface area contributed by atoms with Crippen molar-refractivity contribution in [3.63, 3.8) is 0 Å². The van der Waals surface area contributed by atoms with Crippen molar-refractivity contribution in [3.8, 4) is 5.75 Å². The first-order chi connectivity index (χ1) is 12.4. The van der Waals surface area contributed by atoms with Crippen LogP contribution in [0, 0.1) is 6.92 Å². The maximum absolute atomic E-state index is 11.8. The number of fused-ring (bicyclic) bond motifs is 1. The van der Waals surface area contributed by atoms with Crippen LogP contribution in [0.25, 0.3) is 11.0 Å². The van der Waals surface area contributed by atoms with Gasteiger partial charge in [-0.05, 0) is 30.5 Å². The molecule has 0 aliphatic carbocycles. The maximum atomic E-state index is 11.8. The first kappa shape index (κ1) is 19.5. The number of carbonyl (C=O) groups excluding carboxylic acids is 2. The number of rotatable bonds is 9. The van der Waals surface area contributed by atoms with Gasteiger partial charge in [0.1, 0.15) is 17.9 Å². The van der Waals surface area contributed by atoms with Gasteiger partial charge in [0, 0.05) is 31.0 Å². The molecule has 0 bridgehead atoms. The lowest BCUT2D eigenvalue weighted by Crippen LogP contribution is -2.20. The lowest BCUT2D eigenvalue weighted by Gasteiger charge is -2.12. The fourth-order valence-corrected chi connectivity index (χ4v) is 2.42. The number of hydrogen-bond acceptors (Lipinski definition) is 7. The van der Waals surface area contributed by atoms with E-state index < -0.39 is 11.5 Å². The third-order valence-corrected chi connectivity index (χ3v) is 3.65. The van der Waals surface area contributed by atoms with E-state index in [4.69, 9.17) is 24.4 Å². The minimum atomic E-state index is -0.638. The van der Waals surface area contributed by atoms with Gasteiger partial charge in [0.2, 0.25) is 0 Å². The third kappa shape index (κ3) is 5.32. The maximum Gasteiger partial charge on any atom is 0.336 e. The van der Waals surface area contributed by atoms with E-state index in [1.165, 1.54) is 19.2 Å². The SMILES string of the molecule is COCCOC(=O)CCc1cc2c(C)cc(=O)oc2cc1OCC(N)=O. The molecule has 2 N–H and O–H groups in total. The molecule has 1 heterocycles. The van der Waals surface area contributed by atoms with Gasteiger partial charge >= 0.3 is 11.6 Å². The van der Waals surface area contributed by atoms with Gasteiger partial charge in [0.15, 0.2) is 6.61 Å². The number of primary amides is 1. The third-order valence-electron chi connectivity index (χ3n) is 3.65. The largest absolute Gasteiger partial charge is 0.483 e. The second-order valence-electron chi connectivity index (χ2n) is 5.67. The van der Waals surface area contributed by atoms with Crippen LogP contribution in [0.5, 0.6) is 5.75 Å². The Morgan fingerprint density at radius 2 is 1.96 bits per heavy atom. The highest BCUT2D eigenvalue weighted by atomic mass is 16.6. The zero-order chi connectivity index (χ0) is 19.1. The molecule has 140 valence electrons. The van der Waals surface area contributed by atoms with E-state index >= 15 is 0 Å². The number of aryl methyl sites for hydroxylation is 2. The van der Waals surface area contributed by atoms with Gasteiger partial charge in [0.05, 0.1) is 6.61 Å². The van der Waals surface area contributed by atoms with E-state index in [9.17, 15) is 14.4 Å². The van der Waals surface area contributed by atoms with Gasteiger partial charge in [-0.15, -0.1) is 0 Å². The molecule has 2 aromatic rings. The van der Waals surface area contributed by atoms with Crippen molar-refractivity contribution in [3.05, 3.63) is 39.7 Å². The van der Waals surface area contributed by atoms with E-state index in [0.717, 1.165) is 10.9 Å². The van der Waals surface area contributed by atoms with Gasteiger partial charge < -0.3 is 24.4 Å². The number of methoxy groups -OCH3 is 1. The summed E-state index contributed by atoms with van der Waals surface area (Å²) in [7, 11) is 1.52. The summed E-state index contributed by atoms with van der Waals surface area (Å²) < 4.78 is 20.4. The first-order valence-electron chi connectivity index (χ1n) is 8.03. The van der Waals surface area contributed by atoms with Crippen molar-refractivity contribution in [1.82, 2.24) is 0 Å². The molecule has 8 heteroatoms. The van der Waals surface area contributed by atoms with Crippen molar-refractivity contribution < 1.29 is 28.2 Å². The minimum absolute atomic E-state index is 0.123. The second-order valence-corrected chi connectivity index (χ2v) is 5.67. The van der Waals surface area contributed by atoms with Crippen LogP contribution in [0.1, 0.15) is 17.5 Å². The Bertz CT molecular complexity index is 856. The Hall–Kier alpha value is -2.87. The molecule has 0 saturated carbocycles. The summed E-state index contributed by atoms with van der Waals surface area (Å²) in [4.78, 5) is 34.4. The van der Waals surface area contributed by atoms with Crippen LogP contribution < -0.4 is 16.1 Å². The second kappa shape index (κ2) is 9.00. The summed E-state index contributed by atoms with van der Waals surface area (Å²) in [6.45, 7) is 1.97. The minimum Gasteiger partial charge on any atom is -0.483 e. The monoisotopic (exact) mass is 363 g/mol. The number of benzene rings is 1. The highest BCUT2D eigenvalue weighted by Crippen LogP contribution is 2.28. The Morgan fingerprint density at radius 1 is 1.19 bits per heavy atom. The van der Waals surface area contributed by atoms with Crippen molar-refractivity contribution in [2.45, 2.75) is 19.8 Å². The highest BCUT2D eigenvalue weighted by molar-refractivity contribution is 5.83. The number of carbonyl (C=O) groups is 2. The molecule has 0 atom stereocenters. The van der Waals surface area contributed by atoms with Crippen molar-refractivity contribution in [1.29, 1.82) is 0 Å². The number of hydrogen-bond donors (Lipinski definition) is 1. The lowest BCUT2D eigenvalue weighted by molar-refractivity contribution is -0.144. The smallest absolute Gasteiger partial charge is 0.336 e. The summed E-state index contributed by atoms with van der Waals surface area (Å²) in [6.07, 6.45) is 0.451. The predicted octanol–water partition coefficient (Wildman–Crippen LogP) is 1.09. The summed E-state index contributed by atoms with van der Waals surface area (Å²) in [5.41, 5.74) is 6.39.